The SMILES string of the molecule is NCC(Cc1ccc(O)cc1)N1CCCC1. The van der Waals surface area contributed by atoms with E-state index in [2.05, 4.69) is 4.90 Å². The molecule has 0 aromatic heterocycles. The summed E-state index contributed by atoms with van der Waals surface area (Å²) in [4.78, 5) is 2.48. The van der Waals surface area contributed by atoms with Gasteiger partial charge in [0.15, 0.2) is 0 Å². The standard InChI is InChI=1S/C13H20N2O/c14-10-12(15-7-1-2-8-15)9-11-3-5-13(16)6-4-11/h3-6,12,16H,1-2,7-10,14H2. The number of benzene rings is 1. The summed E-state index contributed by atoms with van der Waals surface area (Å²) in [6.45, 7) is 3.07. The number of phenolic OH excluding ortho intramolecular Hbond substituents is 1. The first-order valence-electron chi connectivity index (χ1n) is 6.01. The molecule has 0 bridgehead atoms. The van der Waals surface area contributed by atoms with Crippen LogP contribution in [0.5, 0.6) is 5.75 Å². The average molecular weight is 220 g/mol. The van der Waals surface area contributed by atoms with Crippen LogP contribution in [-0.2, 0) is 6.42 Å². The molecule has 1 fully saturated rings. The quantitative estimate of drug-likeness (QED) is 0.805. The summed E-state index contributed by atoms with van der Waals surface area (Å²) in [7, 11) is 0. The van der Waals surface area contributed by atoms with Gasteiger partial charge in [-0.2, -0.15) is 0 Å². The molecule has 16 heavy (non-hydrogen) atoms. The van der Waals surface area contributed by atoms with Crippen molar-refractivity contribution in [2.24, 2.45) is 5.73 Å². The molecule has 1 unspecified atom stereocenters. The highest BCUT2D eigenvalue weighted by Crippen LogP contribution is 2.16. The molecule has 1 aromatic rings. The zero-order valence-corrected chi connectivity index (χ0v) is 9.60. The maximum Gasteiger partial charge on any atom is 0.115 e. The van der Waals surface area contributed by atoms with E-state index in [0.29, 0.717) is 18.3 Å². The Labute approximate surface area is 96.9 Å². The molecule has 0 spiro atoms. The monoisotopic (exact) mass is 220 g/mol. The molecule has 1 heterocycles. The molecule has 0 saturated carbocycles. The Kier molecular flexibility index (Phi) is 3.80. The molecule has 1 atom stereocenters. The van der Waals surface area contributed by atoms with Crippen molar-refractivity contribution in [3.8, 4) is 5.75 Å². The third kappa shape index (κ3) is 2.74. The van der Waals surface area contributed by atoms with Crippen LogP contribution in [0.25, 0.3) is 0 Å². The lowest BCUT2D eigenvalue weighted by Crippen LogP contribution is -2.40. The fraction of sp³-hybridized carbons (Fsp3) is 0.538. The normalized spacial score (nSPS) is 18.8. The second kappa shape index (κ2) is 5.32. The van der Waals surface area contributed by atoms with Crippen molar-refractivity contribution >= 4 is 0 Å². The van der Waals surface area contributed by atoms with Crippen LogP contribution < -0.4 is 5.73 Å². The molecule has 3 N–H and O–H groups in total. The van der Waals surface area contributed by atoms with E-state index in [4.69, 9.17) is 5.73 Å². The van der Waals surface area contributed by atoms with Gasteiger partial charge in [-0.05, 0) is 50.0 Å². The van der Waals surface area contributed by atoms with E-state index in [1.165, 1.54) is 31.5 Å². The van der Waals surface area contributed by atoms with E-state index in [-0.39, 0.29) is 0 Å². The summed E-state index contributed by atoms with van der Waals surface area (Å²) in [5, 5.41) is 9.22. The highest BCUT2D eigenvalue weighted by Gasteiger charge is 2.20. The van der Waals surface area contributed by atoms with E-state index < -0.39 is 0 Å². The van der Waals surface area contributed by atoms with Crippen molar-refractivity contribution < 1.29 is 5.11 Å². The van der Waals surface area contributed by atoms with Crippen LogP contribution in [0.15, 0.2) is 24.3 Å². The van der Waals surface area contributed by atoms with Gasteiger partial charge in [-0.15, -0.1) is 0 Å². The molecule has 0 radical (unpaired) electrons. The van der Waals surface area contributed by atoms with Gasteiger partial charge in [-0.25, -0.2) is 0 Å². The van der Waals surface area contributed by atoms with Crippen LogP contribution in [-0.4, -0.2) is 35.7 Å². The smallest absolute Gasteiger partial charge is 0.115 e. The second-order valence-electron chi connectivity index (χ2n) is 4.50. The lowest BCUT2D eigenvalue weighted by atomic mass is 10.0. The maximum atomic E-state index is 9.22. The van der Waals surface area contributed by atoms with Gasteiger partial charge in [0.1, 0.15) is 5.75 Å². The van der Waals surface area contributed by atoms with Crippen molar-refractivity contribution in [3.63, 3.8) is 0 Å². The van der Waals surface area contributed by atoms with Gasteiger partial charge < -0.3 is 10.8 Å². The molecular formula is C13H20N2O. The molecular weight excluding hydrogens is 200 g/mol. The molecule has 3 heteroatoms. The van der Waals surface area contributed by atoms with Gasteiger partial charge in [-0.3, -0.25) is 4.90 Å². The Hall–Kier alpha value is -1.06. The fourth-order valence-corrected chi connectivity index (χ4v) is 2.37. The summed E-state index contributed by atoms with van der Waals surface area (Å²) in [5.41, 5.74) is 7.09. The highest BCUT2D eigenvalue weighted by atomic mass is 16.3. The van der Waals surface area contributed by atoms with Gasteiger partial charge in [0.05, 0.1) is 0 Å². The largest absolute Gasteiger partial charge is 0.508 e. The van der Waals surface area contributed by atoms with Crippen molar-refractivity contribution in [3.05, 3.63) is 29.8 Å². The number of hydrogen-bond acceptors (Lipinski definition) is 3. The summed E-state index contributed by atoms with van der Waals surface area (Å²) in [5.74, 6) is 0.328. The number of phenols is 1. The van der Waals surface area contributed by atoms with Gasteiger partial charge in [0.25, 0.3) is 0 Å². The predicted octanol–water partition coefficient (Wildman–Crippen LogP) is 1.36. The molecule has 88 valence electrons. The van der Waals surface area contributed by atoms with Gasteiger partial charge in [0.2, 0.25) is 0 Å². The third-order valence-corrected chi connectivity index (χ3v) is 3.34. The van der Waals surface area contributed by atoms with Crippen molar-refractivity contribution in [1.29, 1.82) is 0 Å². The average Bonchev–Trinajstić information content (AvgIpc) is 2.82. The van der Waals surface area contributed by atoms with E-state index in [1.807, 2.05) is 12.1 Å². The molecule has 1 saturated heterocycles. The summed E-state index contributed by atoms with van der Waals surface area (Å²) in [6, 6.07) is 7.90. The molecule has 1 aliphatic heterocycles. The zero-order valence-electron chi connectivity index (χ0n) is 9.60. The van der Waals surface area contributed by atoms with Crippen LogP contribution >= 0.6 is 0 Å². The van der Waals surface area contributed by atoms with Crippen LogP contribution in [0, 0.1) is 0 Å². The maximum absolute atomic E-state index is 9.22. The number of likely N-dealkylation sites (tertiary alicyclic amines) is 1. The highest BCUT2D eigenvalue weighted by molar-refractivity contribution is 5.26. The first kappa shape index (κ1) is 11.4. The van der Waals surface area contributed by atoms with E-state index >= 15 is 0 Å². The summed E-state index contributed by atoms with van der Waals surface area (Å²) >= 11 is 0. The number of nitrogens with zero attached hydrogens (tertiary/aromatic N) is 1. The second-order valence-corrected chi connectivity index (χ2v) is 4.50. The number of nitrogens with two attached hydrogens (primary N) is 1. The minimum Gasteiger partial charge on any atom is -0.508 e. The lowest BCUT2D eigenvalue weighted by Gasteiger charge is -2.26. The van der Waals surface area contributed by atoms with E-state index in [9.17, 15) is 5.11 Å². The minimum absolute atomic E-state index is 0.328. The Balaban J connectivity index is 1.97. The van der Waals surface area contributed by atoms with Gasteiger partial charge in [0, 0.05) is 12.6 Å². The van der Waals surface area contributed by atoms with Crippen LogP contribution in [0.4, 0.5) is 0 Å². The van der Waals surface area contributed by atoms with Crippen LogP contribution in [0.2, 0.25) is 0 Å². The van der Waals surface area contributed by atoms with Crippen LogP contribution in [0.1, 0.15) is 18.4 Å². The Morgan fingerprint density at radius 2 is 1.81 bits per heavy atom. The molecule has 0 aliphatic carbocycles. The Morgan fingerprint density at radius 1 is 1.19 bits per heavy atom. The molecule has 3 nitrogen and oxygen atoms in total. The summed E-state index contributed by atoms with van der Waals surface area (Å²) < 4.78 is 0. The van der Waals surface area contributed by atoms with Gasteiger partial charge >= 0.3 is 0 Å². The molecule has 1 aromatic carbocycles. The Bertz CT molecular complexity index is 317. The minimum atomic E-state index is 0.328. The fourth-order valence-electron chi connectivity index (χ4n) is 2.37. The first-order valence-corrected chi connectivity index (χ1v) is 6.01. The molecule has 2 rings (SSSR count). The van der Waals surface area contributed by atoms with Crippen molar-refractivity contribution in [1.82, 2.24) is 4.90 Å². The van der Waals surface area contributed by atoms with Gasteiger partial charge in [-0.1, -0.05) is 12.1 Å². The Morgan fingerprint density at radius 3 is 2.38 bits per heavy atom. The number of rotatable bonds is 4. The predicted molar refractivity (Wildman–Crippen MR) is 65.5 cm³/mol. The zero-order chi connectivity index (χ0) is 11.4. The first-order chi connectivity index (χ1) is 7.79. The van der Waals surface area contributed by atoms with Crippen molar-refractivity contribution in [2.75, 3.05) is 19.6 Å². The third-order valence-electron chi connectivity index (χ3n) is 3.34. The number of aromatic hydroxyl groups is 1. The summed E-state index contributed by atoms with van der Waals surface area (Å²) in [6.07, 6.45) is 3.58. The molecule has 1 aliphatic rings. The van der Waals surface area contributed by atoms with Crippen molar-refractivity contribution in [2.45, 2.75) is 25.3 Å². The molecule has 0 amide bonds. The topological polar surface area (TPSA) is 49.5 Å². The van der Waals surface area contributed by atoms with E-state index in [1.54, 1.807) is 12.1 Å². The van der Waals surface area contributed by atoms with Crippen LogP contribution in [0.3, 0.4) is 0 Å². The number of hydrogen-bond donors (Lipinski definition) is 2. The lowest BCUT2D eigenvalue weighted by molar-refractivity contribution is 0.246. The van der Waals surface area contributed by atoms with E-state index in [0.717, 1.165) is 6.42 Å².